The zero-order valence-electron chi connectivity index (χ0n) is 9.21. The number of hydrogen-bond acceptors (Lipinski definition) is 1. The van der Waals surface area contributed by atoms with E-state index in [-0.39, 0.29) is 4.83 Å². The molecule has 0 saturated carbocycles. The molecule has 4 heteroatoms. The molecule has 0 radical (unpaired) electrons. The van der Waals surface area contributed by atoms with Crippen molar-refractivity contribution in [1.82, 2.24) is 0 Å². The second-order valence-corrected chi connectivity index (χ2v) is 7.01. The molecule has 1 atom stereocenters. The van der Waals surface area contributed by atoms with E-state index in [4.69, 9.17) is 11.6 Å². The number of thiophene rings is 1. The van der Waals surface area contributed by atoms with Crippen LogP contribution in [0.4, 0.5) is 0 Å². The summed E-state index contributed by atoms with van der Waals surface area (Å²) in [5, 5.41) is 0.779. The Balaban J connectivity index is 2.36. The predicted molar refractivity (Wildman–Crippen MR) is 83.6 cm³/mol. The standard InChI is InChI=1S/C13H11Br2ClS/c1-2-8-6-7-11(17-8)12(15)9-4-3-5-10(14)13(9)16/h3-7,12H,2H2,1H3. The van der Waals surface area contributed by atoms with Crippen LogP contribution < -0.4 is 0 Å². The van der Waals surface area contributed by atoms with Crippen molar-refractivity contribution in [1.29, 1.82) is 0 Å². The van der Waals surface area contributed by atoms with Crippen molar-refractivity contribution in [3.8, 4) is 0 Å². The normalized spacial score (nSPS) is 12.7. The maximum absolute atomic E-state index is 6.31. The molecule has 1 aromatic heterocycles. The number of aryl methyl sites for hydroxylation is 1. The van der Waals surface area contributed by atoms with Crippen LogP contribution in [0.25, 0.3) is 0 Å². The van der Waals surface area contributed by atoms with E-state index in [0.29, 0.717) is 0 Å². The lowest BCUT2D eigenvalue weighted by Gasteiger charge is -2.11. The van der Waals surface area contributed by atoms with Gasteiger partial charge < -0.3 is 0 Å². The lowest BCUT2D eigenvalue weighted by molar-refractivity contribution is 1.19. The molecule has 90 valence electrons. The van der Waals surface area contributed by atoms with Crippen LogP contribution >= 0.6 is 54.8 Å². The van der Waals surface area contributed by atoms with E-state index in [2.05, 4.69) is 57.0 Å². The van der Waals surface area contributed by atoms with Crippen molar-refractivity contribution in [3.05, 3.63) is 55.1 Å². The molecular formula is C13H11Br2ClS. The number of rotatable bonds is 3. The molecule has 0 N–H and O–H groups in total. The first kappa shape index (κ1) is 13.6. The fraction of sp³-hybridized carbons (Fsp3) is 0.231. The summed E-state index contributed by atoms with van der Waals surface area (Å²) >= 11 is 15.3. The second kappa shape index (κ2) is 5.87. The molecule has 0 fully saturated rings. The first-order chi connectivity index (χ1) is 8.13. The van der Waals surface area contributed by atoms with Gasteiger partial charge in [-0.05, 0) is 46.1 Å². The maximum Gasteiger partial charge on any atom is 0.0752 e. The largest absolute Gasteiger partial charge is 0.144 e. The highest BCUT2D eigenvalue weighted by molar-refractivity contribution is 9.10. The highest BCUT2D eigenvalue weighted by atomic mass is 79.9. The summed E-state index contributed by atoms with van der Waals surface area (Å²) in [6.45, 7) is 2.17. The molecule has 0 aliphatic carbocycles. The number of hydrogen-bond donors (Lipinski definition) is 0. The molecule has 0 aliphatic heterocycles. The number of benzene rings is 1. The molecular weight excluding hydrogens is 383 g/mol. The van der Waals surface area contributed by atoms with Crippen molar-refractivity contribution in [3.63, 3.8) is 0 Å². The highest BCUT2D eigenvalue weighted by Gasteiger charge is 2.16. The zero-order valence-corrected chi connectivity index (χ0v) is 14.0. The third-order valence-corrected chi connectivity index (χ3v) is 6.43. The first-order valence-electron chi connectivity index (χ1n) is 5.30. The number of alkyl halides is 1. The van der Waals surface area contributed by atoms with Gasteiger partial charge in [0.2, 0.25) is 0 Å². The van der Waals surface area contributed by atoms with Crippen LogP contribution in [-0.2, 0) is 6.42 Å². The predicted octanol–water partition coefficient (Wildman–Crippen LogP) is 6.21. The van der Waals surface area contributed by atoms with Crippen LogP contribution in [0, 0.1) is 0 Å². The molecule has 0 aliphatic rings. The van der Waals surface area contributed by atoms with E-state index >= 15 is 0 Å². The molecule has 1 aromatic carbocycles. The molecule has 2 aromatic rings. The Kier molecular flexibility index (Phi) is 4.70. The van der Waals surface area contributed by atoms with Gasteiger partial charge in [-0.15, -0.1) is 11.3 Å². The molecule has 0 amide bonds. The molecule has 0 nitrogen and oxygen atoms in total. The molecule has 0 saturated heterocycles. The van der Waals surface area contributed by atoms with Gasteiger partial charge in [0, 0.05) is 14.2 Å². The van der Waals surface area contributed by atoms with Gasteiger partial charge in [-0.3, -0.25) is 0 Å². The SMILES string of the molecule is CCc1ccc(C(Br)c2cccc(Br)c2Cl)s1. The minimum atomic E-state index is 0.165. The third kappa shape index (κ3) is 2.95. The Morgan fingerprint density at radius 1 is 1.29 bits per heavy atom. The molecule has 0 bridgehead atoms. The topological polar surface area (TPSA) is 0 Å². The van der Waals surface area contributed by atoms with Crippen LogP contribution in [0.2, 0.25) is 5.02 Å². The van der Waals surface area contributed by atoms with Gasteiger partial charge in [0.25, 0.3) is 0 Å². The Morgan fingerprint density at radius 3 is 2.71 bits per heavy atom. The van der Waals surface area contributed by atoms with E-state index in [1.54, 1.807) is 0 Å². The minimum Gasteiger partial charge on any atom is -0.144 e. The highest BCUT2D eigenvalue weighted by Crippen LogP contribution is 2.40. The minimum absolute atomic E-state index is 0.165. The summed E-state index contributed by atoms with van der Waals surface area (Å²) in [5.41, 5.74) is 1.10. The Bertz CT molecular complexity index is 522. The Morgan fingerprint density at radius 2 is 2.06 bits per heavy atom. The summed E-state index contributed by atoms with van der Waals surface area (Å²) in [6, 6.07) is 10.4. The second-order valence-electron chi connectivity index (χ2n) is 3.66. The van der Waals surface area contributed by atoms with E-state index in [0.717, 1.165) is 21.5 Å². The van der Waals surface area contributed by atoms with Crippen molar-refractivity contribution < 1.29 is 0 Å². The maximum atomic E-state index is 6.31. The molecule has 1 unspecified atom stereocenters. The Hall–Kier alpha value is 0.170. The van der Waals surface area contributed by atoms with E-state index in [9.17, 15) is 0 Å². The van der Waals surface area contributed by atoms with Crippen molar-refractivity contribution >= 4 is 54.8 Å². The summed E-state index contributed by atoms with van der Waals surface area (Å²) in [4.78, 5) is 2.86. The van der Waals surface area contributed by atoms with Crippen molar-refractivity contribution in [2.45, 2.75) is 18.2 Å². The van der Waals surface area contributed by atoms with Gasteiger partial charge in [0.15, 0.2) is 0 Å². The quantitative estimate of drug-likeness (QED) is 0.543. The van der Waals surface area contributed by atoms with Gasteiger partial charge in [0.1, 0.15) is 0 Å². The summed E-state index contributed by atoms with van der Waals surface area (Å²) in [7, 11) is 0. The van der Waals surface area contributed by atoms with Crippen LogP contribution in [0.5, 0.6) is 0 Å². The molecule has 0 spiro atoms. The van der Waals surface area contributed by atoms with Crippen LogP contribution in [-0.4, -0.2) is 0 Å². The third-order valence-electron chi connectivity index (χ3n) is 2.54. The van der Waals surface area contributed by atoms with E-state index in [1.807, 2.05) is 23.5 Å². The fourth-order valence-electron chi connectivity index (χ4n) is 1.59. The molecule has 17 heavy (non-hydrogen) atoms. The smallest absolute Gasteiger partial charge is 0.0752 e. The van der Waals surface area contributed by atoms with Gasteiger partial charge in [-0.25, -0.2) is 0 Å². The van der Waals surface area contributed by atoms with Gasteiger partial charge in [0.05, 0.1) is 9.85 Å². The van der Waals surface area contributed by atoms with E-state index in [1.165, 1.54) is 9.75 Å². The zero-order chi connectivity index (χ0) is 12.4. The van der Waals surface area contributed by atoms with Crippen molar-refractivity contribution in [2.75, 3.05) is 0 Å². The molecule has 2 rings (SSSR count). The van der Waals surface area contributed by atoms with Gasteiger partial charge in [-0.1, -0.05) is 46.6 Å². The fourth-order valence-corrected chi connectivity index (χ4v) is 4.10. The van der Waals surface area contributed by atoms with Gasteiger partial charge >= 0.3 is 0 Å². The lowest BCUT2D eigenvalue weighted by Crippen LogP contribution is -1.91. The number of halogens is 3. The Labute approximate surface area is 127 Å². The van der Waals surface area contributed by atoms with Crippen LogP contribution in [0.3, 0.4) is 0 Å². The van der Waals surface area contributed by atoms with Crippen LogP contribution in [0.1, 0.15) is 27.1 Å². The van der Waals surface area contributed by atoms with Crippen molar-refractivity contribution in [2.24, 2.45) is 0 Å². The summed E-state index contributed by atoms with van der Waals surface area (Å²) < 4.78 is 0.938. The lowest BCUT2D eigenvalue weighted by atomic mass is 10.1. The molecule has 1 heterocycles. The summed E-state index contributed by atoms with van der Waals surface area (Å²) in [6.07, 6.45) is 1.08. The monoisotopic (exact) mass is 392 g/mol. The van der Waals surface area contributed by atoms with Crippen LogP contribution in [0.15, 0.2) is 34.8 Å². The summed E-state index contributed by atoms with van der Waals surface area (Å²) in [5.74, 6) is 0. The average Bonchev–Trinajstić information content (AvgIpc) is 2.80. The van der Waals surface area contributed by atoms with Gasteiger partial charge in [-0.2, -0.15) is 0 Å². The average molecular weight is 395 g/mol. The van der Waals surface area contributed by atoms with E-state index < -0.39 is 0 Å². The first-order valence-corrected chi connectivity index (χ1v) is 8.20.